The van der Waals surface area contributed by atoms with E-state index in [1.54, 1.807) is 0 Å². The molecule has 0 amide bonds. The normalized spacial score (nSPS) is 11.7. The number of benzene rings is 2. The topological polar surface area (TPSA) is 53.1 Å². The number of H-pyrrole nitrogens is 1. The van der Waals surface area contributed by atoms with Crippen LogP contribution in [0.25, 0.3) is 16.5 Å². The van der Waals surface area contributed by atoms with Gasteiger partial charge in [0.25, 0.3) is 0 Å². The van der Waals surface area contributed by atoms with E-state index < -0.39 is 5.97 Å². The van der Waals surface area contributed by atoms with Crippen LogP contribution in [0.4, 0.5) is 0 Å². The lowest BCUT2D eigenvalue weighted by atomic mass is 9.98. The monoisotopic (exact) mass is 291 g/mol. The van der Waals surface area contributed by atoms with Crippen LogP contribution in [-0.4, -0.2) is 16.1 Å². The molecule has 0 aliphatic carbocycles. The van der Waals surface area contributed by atoms with Gasteiger partial charge in [-0.1, -0.05) is 48.5 Å². The van der Waals surface area contributed by atoms with E-state index in [0.29, 0.717) is 6.42 Å². The van der Waals surface area contributed by atoms with Crippen molar-refractivity contribution in [2.75, 3.05) is 0 Å². The molecule has 3 nitrogen and oxygen atoms in total. The maximum atomic E-state index is 11.1. The van der Waals surface area contributed by atoms with Gasteiger partial charge in [-0.3, -0.25) is 0 Å². The van der Waals surface area contributed by atoms with Gasteiger partial charge in [0.05, 0.1) is 0 Å². The van der Waals surface area contributed by atoms with Crippen LogP contribution in [0.5, 0.6) is 0 Å². The lowest BCUT2D eigenvalue weighted by molar-refractivity contribution is -0.131. The summed E-state index contributed by atoms with van der Waals surface area (Å²) in [7, 11) is 0. The van der Waals surface area contributed by atoms with Crippen LogP contribution in [0.15, 0.2) is 66.9 Å². The van der Waals surface area contributed by atoms with Crippen molar-refractivity contribution in [3.63, 3.8) is 0 Å². The number of hydrogen-bond acceptors (Lipinski definition) is 1. The molecule has 0 saturated heterocycles. The summed E-state index contributed by atoms with van der Waals surface area (Å²) in [5, 5.41) is 10.3. The number of para-hydroxylation sites is 1. The maximum Gasteiger partial charge on any atom is 0.328 e. The van der Waals surface area contributed by atoms with Crippen molar-refractivity contribution in [3.8, 4) is 0 Å². The number of aryl methyl sites for hydroxylation is 1. The zero-order valence-electron chi connectivity index (χ0n) is 12.1. The smallest absolute Gasteiger partial charge is 0.328 e. The molecule has 0 unspecified atom stereocenters. The van der Waals surface area contributed by atoms with Gasteiger partial charge in [0.15, 0.2) is 0 Å². The summed E-state index contributed by atoms with van der Waals surface area (Å²) in [6.45, 7) is 0. The second-order valence-corrected chi connectivity index (χ2v) is 5.23. The second-order valence-electron chi connectivity index (χ2n) is 5.23. The van der Waals surface area contributed by atoms with Gasteiger partial charge in [-0.05, 0) is 35.6 Å². The summed E-state index contributed by atoms with van der Waals surface area (Å²) in [5.41, 5.74) is 4.13. The Bertz CT molecular complexity index is 816. The van der Waals surface area contributed by atoms with Gasteiger partial charge in [-0.25, -0.2) is 4.79 Å². The van der Waals surface area contributed by atoms with Gasteiger partial charge in [0.2, 0.25) is 0 Å². The minimum atomic E-state index is -0.905. The van der Waals surface area contributed by atoms with Crippen LogP contribution < -0.4 is 0 Å². The molecule has 3 heteroatoms. The largest absolute Gasteiger partial charge is 0.478 e. The van der Waals surface area contributed by atoms with Crippen molar-refractivity contribution in [1.82, 2.24) is 4.98 Å². The van der Waals surface area contributed by atoms with Crippen molar-refractivity contribution in [2.24, 2.45) is 0 Å². The number of carbonyl (C=O) groups is 1. The van der Waals surface area contributed by atoms with Gasteiger partial charge in [-0.2, -0.15) is 0 Å². The van der Waals surface area contributed by atoms with E-state index in [0.717, 1.165) is 23.1 Å². The molecule has 1 aromatic heterocycles. The fraction of sp³-hybridized carbons (Fsp3) is 0.105. The number of nitrogens with one attached hydrogen (secondary N) is 1. The molecule has 0 radical (unpaired) electrons. The predicted octanol–water partition coefficient (Wildman–Crippen LogP) is 4.27. The standard InChI is InChI=1S/C19H17NO2/c21-19(22)12-15(14-6-2-1-3-7-14)10-11-16-13-20-18-9-5-4-8-17(16)18/h1-9,12-13,20H,10-11H2,(H,21,22)/b15-12+. The average molecular weight is 291 g/mol. The third kappa shape index (κ3) is 3.09. The Kier molecular flexibility index (Phi) is 4.05. The van der Waals surface area contributed by atoms with Gasteiger partial charge in [0, 0.05) is 23.2 Å². The Balaban J connectivity index is 1.84. The van der Waals surface area contributed by atoms with Crippen LogP contribution in [0.3, 0.4) is 0 Å². The second kappa shape index (κ2) is 6.31. The predicted molar refractivity (Wildman–Crippen MR) is 88.7 cm³/mol. The summed E-state index contributed by atoms with van der Waals surface area (Å²) < 4.78 is 0. The molecule has 0 spiro atoms. The molecule has 3 rings (SSSR count). The molecule has 0 aliphatic rings. The fourth-order valence-electron chi connectivity index (χ4n) is 2.71. The SMILES string of the molecule is O=C(O)/C=C(\CCc1c[nH]c2ccccc12)c1ccccc1. The molecule has 0 bridgehead atoms. The first-order valence-corrected chi connectivity index (χ1v) is 7.28. The van der Waals surface area contributed by atoms with E-state index in [2.05, 4.69) is 11.1 Å². The highest BCUT2D eigenvalue weighted by Gasteiger charge is 2.07. The molecule has 2 aromatic carbocycles. The highest BCUT2D eigenvalue weighted by Crippen LogP contribution is 2.24. The summed E-state index contributed by atoms with van der Waals surface area (Å²) in [5.74, 6) is -0.905. The average Bonchev–Trinajstić information content (AvgIpc) is 2.95. The molecule has 0 atom stereocenters. The lowest BCUT2D eigenvalue weighted by Crippen LogP contribution is -1.95. The molecule has 0 aliphatic heterocycles. The van der Waals surface area contributed by atoms with Gasteiger partial charge < -0.3 is 10.1 Å². The number of fused-ring (bicyclic) bond motifs is 1. The van der Waals surface area contributed by atoms with Crippen molar-refractivity contribution in [1.29, 1.82) is 0 Å². The molecule has 110 valence electrons. The Morgan fingerprint density at radius 2 is 1.77 bits per heavy atom. The van der Waals surface area contributed by atoms with Crippen LogP contribution in [0, 0.1) is 0 Å². The Hall–Kier alpha value is -2.81. The summed E-state index contributed by atoms with van der Waals surface area (Å²) in [6, 6.07) is 17.8. The third-order valence-corrected chi connectivity index (χ3v) is 3.78. The third-order valence-electron chi connectivity index (χ3n) is 3.78. The quantitative estimate of drug-likeness (QED) is 0.690. The molecule has 1 heterocycles. The van der Waals surface area contributed by atoms with E-state index in [1.807, 2.05) is 54.7 Å². The van der Waals surface area contributed by atoms with Gasteiger partial charge >= 0.3 is 5.97 Å². The zero-order chi connectivity index (χ0) is 15.4. The van der Waals surface area contributed by atoms with Crippen LogP contribution in [0.1, 0.15) is 17.5 Å². The molecule has 0 fully saturated rings. The molecule has 3 aromatic rings. The van der Waals surface area contributed by atoms with E-state index in [-0.39, 0.29) is 0 Å². The fourth-order valence-corrected chi connectivity index (χ4v) is 2.71. The first kappa shape index (κ1) is 14.1. The van der Waals surface area contributed by atoms with Crippen molar-refractivity contribution in [3.05, 3.63) is 78.0 Å². The minimum absolute atomic E-state index is 0.693. The number of carboxylic acid groups (broad SMARTS) is 1. The number of rotatable bonds is 5. The van der Waals surface area contributed by atoms with Gasteiger partial charge in [-0.15, -0.1) is 0 Å². The zero-order valence-corrected chi connectivity index (χ0v) is 12.1. The Labute approximate surface area is 128 Å². The highest BCUT2D eigenvalue weighted by atomic mass is 16.4. The summed E-state index contributed by atoms with van der Waals surface area (Å²) >= 11 is 0. The molecule has 22 heavy (non-hydrogen) atoms. The molecule has 2 N–H and O–H groups in total. The molecular weight excluding hydrogens is 274 g/mol. The number of aromatic amines is 1. The minimum Gasteiger partial charge on any atom is -0.478 e. The maximum absolute atomic E-state index is 11.1. The first-order chi connectivity index (χ1) is 10.7. The highest BCUT2D eigenvalue weighted by molar-refractivity contribution is 5.90. The number of carboxylic acids is 1. The van der Waals surface area contributed by atoms with Crippen LogP contribution >= 0.6 is 0 Å². The van der Waals surface area contributed by atoms with E-state index in [9.17, 15) is 4.79 Å². The first-order valence-electron chi connectivity index (χ1n) is 7.28. The number of allylic oxidation sites excluding steroid dienone is 1. The number of aliphatic carboxylic acids is 1. The van der Waals surface area contributed by atoms with Crippen molar-refractivity contribution < 1.29 is 9.90 Å². The van der Waals surface area contributed by atoms with Crippen molar-refractivity contribution >= 4 is 22.4 Å². The summed E-state index contributed by atoms with van der Waals surface area (Å²) in [6.07, 6.45) is 4.81. The van der Waals surface area contributed by atoms with Gasteiger partial charge in [0.1, 0.15) is 0 Å². The lowest BCUT2D eigenvalue weighted by Gasteiger charge is -2.07. The van der Waals surface area contributed by atoms with Crippen LogP contribution in [-0.2, 0) is 11.2 Å². The summed E-state index contributed by atoms with van der Waals surface area (Å²) in [4.78, 5) is 14.3. The molecular formula is C19H17NO2. The van der Waals surface area contributed by atoms with Crippen LogP contribution in [0.2, 0.25) is 0 Å². The Morgan fingerprint density at radius 1 is 1.05 bits per heavy atom. The van der Waals surface area contributed by atoms with Crippen molar-refractivity contribution in [2.45, 2.75) is 12.8 Å². The number of aromatic nitrogens is 1. The molecule has 0 saturated carbocycles. The van der Waals surface area contributed by atoms with E-state index in [4.69, 9.17) is 5.11 Å². The van der Waals surface area contributed by atoms with E-state index >= 15 is 0 Å². The number of hydrogen-bond donors (Lipinski definition) is 2. The Morgan fingerprint density at radius 3 is 2.55 bits per heavy atom. The van der Waals surface area contributed by atoms with E-state index in [1.165, 1.54) is 17.0 Å².